The van der Waals surface area contributed by atoms with Gasteiger partial charge in [0.2, 0.25) is 5.91 Å². The fourth-order valence-electron chi connectivity index (χ4n) is 3.21. The van der Waals surface area contributed by atoms with E-state index in [4.69, 9.17) is 4.42 Å². The zero-order valence-electron chi connectivity index (χ0n) is 14.7. The molecule has 0 saturated carbocycles. The molecular weight excluding hydrogens is 340 g/mol. The maximum absolute atomic E-state index is 13.1. The minimum atomic E-state index is -0.208. The van der Waals surface area contributed by atoms with Crippen LogP contribution in [0.2, 0.25) is 0 Å². The van der Waals surface area contributed by atoms with E-state index in [0.717, 1.165) is 11.3 Å². The molecule has 134 valence electrons. The second-order valence-electron chi connectivity index (χ2n) is 6.28. The van der Waals surface area contributed by atoms with Crippen molar-refractivity contribution in [3.8, 4) is 0 Å². The molecule has 2 aromatic carbocycles. The second-order valence-corrected chi connectivity index (χ2v) is 6.28. The number of nitrogens with zero attached hydrogens (tertiary/aromatic N) is 2. The molecule has 0 bridgehead atoms. The Morgan fingerprint density at radius 1 is 0.963 bits per heavy atom. The van der Waals surface area contributed by atoms with Crippen LogP contribution in [0.4, 0.5) is 5.69 Å². The second kappa shape index (κ2) is 6.96. The van der Waals surface area contributed by atoms with Crippen molar-refractivity contribution in [3.05, 3.63) is 96.5 Å². The van der Waals surface area contributed by atoms with Crippen LogP contribution >= 0.6 is 0 Å². The molecular formula is C22H18N2O3. The molecule has 4 rings (SSSR count). The summed E-state index contributed by atoms with van der Waals surface area (Å²) in [5, 5.41) is 0. The van der Waals surface area contributed by atoms with Crippen LogP contribution in [0.25, 0.3) is 5.70 Å². The monoisotopic (exact) mass is 358 g/mol. The first-order chi connectivity index (χ1) is 13.1. The first-order valence-corrected chi connectivity index (χ1v) is 8.63. The Kier molecular flexibility index (Phi) is 4.34. The van der Waals surface area contributed by atoms with Crippen molar-refractivity contribution in [3.63, 3.8) is 0 Å². The molecule has 2 heterocycles. The van der Waals surface area contributed by atoms with Crippen LogP contribution in [-0.2, 0) is 11.3 Å². The Labute approximate surface area is 157 Å². The van der Waals surface area contributed by atoms with Crippen molar-refractivity contribution in [2.45, 2.75) is 6.54 Å². The molecule has 0 fully saturated rings. The number of hydrogen-bond donors (Lipinski definition) is 0. The minimum absolute atomic E-state index is 0.0814. The first kappa shape index (κ1) is 16.8. The Hall–Kier alpha value is -3.60. The molecule has 5 heteroatoms. The SMILES string of the molecule is C=C1c2ccccc2C(=O)N1CC(=O)N(Cc1ccco1)c1ccccc1. The van der Waals surface area contributed by atoms with Crippen LogP contribution in [0.5, 0.6) is 0 Å². The fraction of sp³-hybridized carbons (Fsp3) is 0.0909. The number of anilines is 1. The Morgan fingerprint density at radius 3 is 2.33 bits per heavy atom. The largest absolute Gasteiger partial charge is 0.467 e. The third-order valence-corrected chi connectivity index (χ3v) is 4.60. The molecule has 0 unspecified atom stereocenters. The molecule has 0 atom stereocenters. The van der Waals surface area contributed by atoms with Crippen molar-refractivity contribution in [1.29, 1.82) is 0 Å². The topological polar surface area (TPSA) is 53.8 Å². The van der Waals surface area contributed by atoms with E-state index < -0.39 is 0 Å². The van der Waals surface area contributed by atoms with E-state index in [1.165, 1.54) is 4.90 Å². The maximum Gasteiger partial charge on any atom is 0.259 e. The van der Waals surface area contributed by atoms with E-state index in [9.17, 15) is 9.59 Å². The van der Waals surface area contributed by atoms with Crippen LogP contribution in [-0.4, -0.2) is 23.3 Å². The summed E-state index contributed by atoms with van der Waals surface area (Å²) in [6, 6.07) is 20.2. The van der Waals surface area contributed by atoms with Gasteiger partial charge in [-0.1, -0.05) is 43.0 Å². The van der Waals surface area contributed by atoms with Crippen molar-refractivity contribution < 1.29 is 14.0 Å². The molecule has 2 amide bonds. The van der Waals surface area contributed by atoms with Gasteiger partial charge < -0.3 is 9.32 Å². The Bertz CT molecular complexity index is 958. The van der Waals surface area contributed by atoms with Gasteiger partial charge in [-0.2, -0.15) is 0 Å². The standard InChI is InChI=1S/C22H18N2O3/c1-16-19-11-5-6-12-20(19)22(26)23(16)15-21(25)24(14-18-10-7-13-27-18)17-8-3-2-4-9-17/h2-13H,1,14-15H2. The number of para-hydroxylation sites is 1. The summed E-state index contributed by atoms with van der Waals surface area (Å²) in [6.45, 7) is 4.21. The van der Waals surface area contributed by atoms with Gasteiger partial charge in [0.1, 0.15) is 12.3 Å². The van der Waals surface area contributed by atoms with Gasteiger partial charge in [-0.25, -0.2) is 0 Å². The third kappa shape index (κ3) is 3.15. The number of amides is 2. The van der Waals surface area contributed by atoms with Gasteiger partial charge >= 0.3 is 0 Å². The normalized spacial score (nSPS) is 13.0. The lowest BCUT2D eigenvalue weighted by Gasteiger charge is -2.25. The summed E-state index contributed by atoms with van der Waals surface area (Å²) < 4.78 is 5.41. The highest BCUT2D eigenvalue weighted by atomic mass is 16.3. The predicted octanol–water partition coefficient (Wildman–Crippen LogP) is 3.94. The van der Waals surface area contributed by atoms with Gasteiger partial charge in [0.15, 0.2) is 0 Å². The number of hydrogen-bond acceptors (Lipinski definition) is 3. The molecule has 0 radical (unpaired) electrons. The van der Waals surface area contributed by atoms with Crippen molar-refractivity contribution in [2.75, 3.05) is 11.4 Å². The van der Waals surface area contributed by atoms with Gasteiger partial charge in [0.05, 0.1) is 12.8 Å². The minimum Gasteiger partial charge on any atom is -0.467 e. The molecule has 3 aromatic rings. The molecule has 1 aromatic heterocycles. The summed E-state index contributed by atoms with van der Waals surface area (Å²) in [4.78, 5) is 28.9. The number of furan rings is 1. The van der Waals surface area contributed by atoms with Crippen molar-refractivity contribution in [1.82, 2.24) is 4.90 Å². The smallest absolute Gasteiger partial charge is 0.259 e. The Morgan fingerprint density at radius 2 is 1.67 bits per heavy atom. The molecule has 0 saturated heterocycles. The van der Waals surface area contributed by atoms with Crippen LogP contribution in [0.1, 0.15) is 21.7 Å². The summed E-state index contributed by atoms with van der Waals surface area (Å²) in [7, 11) is 0. The lowest BCUT2D eigenvalue weighted by molar-refractivity contribution is -0.119. The summed E-state index contributed by atoms with van der Waals surface area (Å²) in [6.07, 6.45) is 1.57. The lowest BCUT2D eigenvalue weighted by atomic mass is 10.1. The van der Waals surface area contributed by atoms with Crippen LogP contribution < -0.4 is 4.90 Å². The summed E-state index contributed by atoms with van der Waals surface area (Å²) in [5.41, 5.74) is 2.64. The van der Waals surface area contributed by atoms with E-state index in [1.54, 1.807) is 23.3 Å². The fourth-order valence-corrected chi connectivity index (χ4v) is 3.21. The lowest BCUT2D eigenvalue weighted by Crippen LogP contribution is -2.39. The van der Waals surface area contributed by atoms with E-state index in [1.807, 2.05) is 54.6 Å². The van der Waals surface area contributed by atoms with E-state index in [-0.39, 0.29) is 24.9 Å². The van der Waals surface area contributed by atoms with Gasteiger partial charge in [-0.05, 0) is 30.3 Å². The third-order valence-electron chi connectivity index (χ3n) is 4.60. The summed E-state index contributed by atoms with van der Waals surface area (Å²) >= 11 is 0. The van der Waals surface area contributed by atoms with Crippen LogP contribution in [0.3, 0.4) is 0 Å². The van der Waals surface area contributed by atoms with Gasteiger partial charge in [-0.3, -0.25) is 14.5 Å². The van der Waals surface area contributed by atoms with Crippen LogP contribution in [0, 0.1) is 0 Å². The van der Waals surface area contributed by atoms with Crippen molar-refractivity contribution in [2.24, 2.45) is 0 Å². The molecule has 27 heavy (non-hydrogen) atoms. The first-order valence-electron chi connectivity index (χ1n) is 8.63. The van der Waals surface area contributed by atoms with Crippen LogP contribution in [0.15, 0.2) is 84.0 Å². The number of benzene rings is 2. The van der Waals surface area contributed by atoms with Gasteiger partial charge in [0.25, 0.3) is 5.91 Å². The molecule has 1 aliphatic rings. The predicted molar refractivity (Wildman–Crippen MR) is 103 cm³/mol. The van der Waals surface area contributed by atoms with E-state index in [2.05, 4.69) is 6.58 Å². The molecule has 0 spiro atoms. The number of carbonyl (C=O) groups excluding carboxylic acids is 2. The maximum atomic E-state index is 13.1. The number of carbonyl (C=O) groups is 2. The highest BCUT2D eigenvalue weighted by Gasteiger charge is 2.33. The number of rotatable bonds is 5. The average molecular weight is 358 g/mol. The highest BCUT2D eigenvalue weighted by Crippen LogP contribution is 2.31. The van der Waals surface area contributed by atoms with Gasteiger partial charge in [0, 0.05) is 22.5 Å². The van der Waals surface area contributed by atoms with E-state index in [0.29, 0.717) is 17.0 Å². The number of fused-ring (bicyclic) bond motifs is 1. The molecule has 0 N–H and O–H groups in total. The molecule has 1 aliphatic heterocycles. The summed E-state index contributed by atoms with van der Waals surface area (Å²) in [5.74, 6) is 0.261. The Balaban J connectivity index is 1.59. The van der Waals surface area contributed by atoms with E-state index >= 15 is 0 Å². The van der Waals surface area contributed by atoms with Crippen molar-refractivity contribution >= 4 is 23.2 Å². The zero-order valence-corrected chi connectivity index (χ0v) is 14.7. The average Bonchev–Trinajstić information content (AvgIpc) is 3.30. The zero-order chi connectivity index (χ0) is 18.8. The van der Waals surface area contributed by atoms with Gasteiger partial charge in [-0.15, -0.1) is 0 Å². The highest BCUT2D eigenvalue weighted by molar-refractivity contribution is 6.11. The quantitative estimate of drug-likeness (QED) is 0.694. The molecule has 5 nitrogen and oxygen atoms in total. The molecule has 0 aliphatic carbocycles.